The number of pyridine rings is 2. The Morgan fingerprint density at radius 3 is 3.07 bits per heavy atom. The first-order valence-electron chi connectivity index (χ1n) is 8.40. The van der Waals surface area contributed by atoms with Crippen LogP contribution in [0.4, 0.5) is 10.9 Å². The van der Waals surface area contributed by atoms with Gasteiger partial charge in [0.25, 0.3) is 0 Å². The van der Waals surface area contributed by atoms with Crippen molar-refractivity contribution in [3.63, 3.8) is 0 Å². The lowest BCUT2D eigenvalue weighted by Gasteiger charge is -2.08. The third kappa shape index (κ3) is 4.10. The maximum absolute atomic E-state index is 6.37. The van der Waals surface area contributed by atoms with Crippen LogP contribution in [0.3, 0.4) is 0 Å². The Morgan fingerprint density at radius 2 is 2.22 bits per heavy atom. The van der Waals surface area contributed by atoms with Gasteiger partial charge >= 0.3 is 0 Å². The van der Waals surface area contributed by atoms with Crippen LogP contribution >= 0.6 is 34.5 Å². The third-order valence-corrected chi connectivity index (χ3v) is 6.00. The number of methoxy groups -OCH3 is 1. The van der Waals surface area contributed by atoms with Crippen LogP contribution in [0.15, 0.2) is 30.5 Å². The average Bonchev–Trinajstić information content (AvgIpc) is 3.24. The second-order valence-electron chi connectivity index (χ2n) is 6.13. The summed E-state index contributed by atoms with van der Waals surface area (Å²) in [5.74, 6) is 1.76. The smallest absolute Gasteiger partial charge is 0.213 e. The first-order chi connectivity index (χ1) is 13.1. The molecule has 0 aliphatic carbocycles. The molecule has 1 unspecified atom stereocenters. The minimum atomic E-state index is 0.275. The van der Waals surface area contributed by atoms with Gasteiger partial charge in [0.1, 0.15) is 11.0 Å². The molecule has 1 aliphatic heterocycles. The molecule has 0 spiro atoms. The number of fused-ring (bicyclic) bond motifs is 1. The molecule has 1 aliphatic rings. The van der Waals surface area contributed by atoms with Crippen molar-refractivity contribution >= 4 is 45.5 Å². The Bertz CT molecular complexity index is 965. The Balaban J connectivity index is 1.44. The van der Waals surface area contributed by atoms with Crippen molar-refractivity contribution in [3.8, 4) is 5.88 Å². The first-order valence-corrected chi connectivity index (χ1v) is 9.98. The molecule has 3 aromatic heterocycles. The molecule has 9 heteroatoms. The zero-order chi connectivity index (χ0) is 18.8. The summed E-state index contributed by atoms with van der Waals surface area (Å²) in [5, 5.41) is 8.55. The van der Waals surface area contributed by atoms with E-state index in [-0.39, 0.29) is 5.92 Å². The Hall–Kier alpha value is -2.09. The van der Waals surface area contributed by atoms with Crippen LogP contribution in [0.2, 0.25) is 10.2 Å². The van der Waals surface area contributed by atoms with Gasteiger partial charge in [-0.15, -0.1) is 11.3 Å². The van der Waals surface area contributed by atoms with Crippen LogP contribution < -0.4 is 15.4 Å². The van der Waals surface area contributed by atoms with Gasteiger partial charge in [-0.3, -0.25) is 0 Å². The van der Waals surface area contributed by atoms with Crippen LogP contribution in [0.1, 0.15) is 22.1 Å². The van der Waals surface area contributed by atoms with E-state index in [9.17, 15) is 0 Å². The fraction of sp³-hybridized carbons (Fsp3) is 0.278. The van der Waals surface area contributed by atoms with Gasteiger partial charge in [0.05, 0.1) is 24.4 Å². The van der Waals surface area contributed by atoms with Crippen LogP contribution in [-0.2, 0) is 13.0 Å². The quantitative estimate of drug-likeness (QED) is 0.605. The minimum absolute atomic E-state index is 0.275. The number of rotatable bonds is 6. The molecule has 140 valence electrons. The molecule has 4 rings (SSSR count). The van der Waals surface area contributed by atoms with Crippen molar-refractivity contribution < 1.29 is 4.74 Å². The van der Waals surface area contributed by atoms with Gasteiger partial charge in [-0.1, -0.05) is 29.3 Å². The van der Waals surface area contributed by atoms with Gasteiger partial charge < -0.3 is 15.4 Å². The van der Waals surface area contributed by atoms with E-state index in [1.807, 2.05) is 24.3 Å². The van der Waals surface area contributed by atoms with E-state index in [0.29, 0.717) is 22.6 Å². The summed E-state index contributed by atoms with van der Waals surface area (Å²) < 4.78 is 5.15. The fourth-order valence-corrected chi connectivity index (χ4v) is 4.44. The summed E-state index contributed by atoms with van der Waals surface area (Å²) >= 11 is 14.0. The number of anilines is 2. The topological polar surface area (TPSA) is 72.0 Å². The molecule has 4 heterocycles. The van der Waals surface area contributed by atoms with Gasteiger partial charge in [0.2, 0.25) is 5.88 Å². The Labute approximate surface area is 170 Å². The molecule has 1 atom stereocenters. The second-order valence-corrected chi connectivity index (χ2v) is 8.01. The number of halogens is 2. The summed E-state index contributed by atoms with van der Waals surface area (Å²) in [6, 6.07) is 7.63. The van der Waals surface area contributed by atoms with Gasteiger partial charge in [-0.2, -0.15) is 0 Å². The fourth-order valence-electron chi connectivity index (χ4n) is 3.02. The molecule has 6 nitrogen and oxygen atoms in total. The lowest BCUT2D eigenvalue weighted by Crippen LogP contribution is -2.04. The number of hydrogen-bond donors (Lipinski definition) is 2. The van der Waals surface area contributed by atoms with Crippen LogP contribution in [0.25, 0.3) is 0 Å². The van der Waals surface area contributed by atoms with Crippen molar-refractivity contribution in [1.29, 1.82) is 0 Å². The molecule has 27 heavy (non-hydrogen) atoms. The van der Waals surface area contributed by atoms with Gasteiger partial charge in [0.15, 0.2) is 5.13 Å². The number of thiazole rings is 1. The standard InChI is InChI=1S/C18H17Cl2N5OS/c1-26-15-4-2-3-12(24-15)9-23-18-25-16(20)14(27-18)5-10-7-21-17-13(10)6-11(19)8-22-17/h2-4,6,8,10H,5,7,9H2,1H3,(H,21,22)(H,23,25). The average molecular weight is 422 g/mol. The summed E-state index contributed by atoms with van der Waals surface area (Å²) in [7, 11) is 1.60. The number of nitrogens with one attached hydrogen (secondary N) is 2. The predicted octanol–water partition coefficient (Wildman–Crippen LogP) is 4.61. The highest BCUT2D eigenvalue weighted by Gasteiger charge is 2.26. The van der Waals surface area contributed by atoms with Crippen molar-refractivity contribution in [2.24, 2.45) is 0 Å². The van der Waals surface area contributed by atoms with Gasteiger partial charge in [-0.25, -0.2) is 15.0 Å². The van der Waals surface area contributed by atoms with Crippen molar-refractivity contribution in [1.82, 2.24) is 15.0 Å². The minimum Gasteiger partial charge on any atom is -0.481 e. The largest absolute Gasteiger partial charge is 0.481 e. The molecular formula is C18H17Cl2N5OS. The molecule has 0 amide bonds. The molecular weight excluding hydrogens is 405 g/mol. The van der Waals surface area contributed by atoms with Crippen molar-refractivity contribution in [2.45, 2.75) is 18.9 Å². The van der Waals surface area contributed by atoms with E-state index >= 15 is 0 Å². The molecule has 0 bridgehead atoms. The molecule has 2 N–H and O–H groups in total. The lowest BCUT2D eigenvalue weighted by atomic mass is 9.99. The van der Waals surface area contributed by atoms with E-state index in [0.717, 1.165) is 40.0 Å². The molecule has 0 saturated carbocycles. The van der Waals surface area contributed by atoms with Crippen LogP contribution in [-0.4, -0.2) is 28.6 Å². The highest BCUT2D eigenvalue weighted by atomic mass is 35.5. The van der Waals surface area contributed by atoms with Gasteiger partial charge in [0, 0.05) is 35.2 Å². The number of aromatic nitrogens is 3. The zero-order valence-electron chi connectivity index (χ0n) is 14.5. The van der Waals surface area contributed by atoms with E-state index in [2.05, 4.69) is 25.6 Å². The normalized spacial score (nSPS) is 15.3. The molecule has 3 aromatic rings. The summed E-state index contributed by atoms with van der Waals surface area (Å²) in [6.07, 6.45) is 2.45. The number of ether oxygens (including phenoxy) is 1. The number of hydrogen-bond acceptors (Lipinski definition) is 7. The highest BCUT2D eigenvalue weighted by molar-refractivity contribution is 7.16. The van der Waals surface area contributed by atoms with E-state index in [1.165, 1.54) is 0 Å². The molecule has 0 saturated heterocycles. The number of nitrogens with zero attached hydrogens (tertiary/aromatic N) is 3. The predicted molar refractivity (Wildman–Crippen MR) is 109 cm³/mol. The molecule has 0 aromatic carbocycles. The van der Waals surface area contributed by atoms with E-state index in [4.69, 9.17) is 27.9 Å². The van der Waals surface area contributed by atoms with Crippen molar-refractivity contribution in [3.05, 3.63) is 56.8 Å². The lowest BCUT2D eigenvalue weighted by molar-refractivity contribution is 0.396. The molecule has 0 radical (unpaired) electrons. The van der Waals surface area contributed by atoms with E-state index < -0.39 is 0 Å². The maximum atomic E-state index is 6.37. The molecule has 0 fully saturated rings. The monoisotopic (exact) mass is 421 g/mol. The van der Waals surface area contributed by atoms with E-state index in [1.54, 1.807) is 24.6 Å². The zero-order valence-corrected chi connectivity index (χ0v) is 16.8. The Morgan fingerprint density at radius 1 is 1.33 bits per heavy atom. The van der Waals surface area contributed by atoms with Crippen LogP contribution in [0.5, 0.6) is 5.88 Å². The SMILES string of the molecule is COc1cccc(CNc2nc(Cl)c(CC3CNc4ncc(Cl)cc43)s2)n1. The summed E-state index contributed by atoms with van der Waals surface area (Å²) in [4.78, 5) is 14.2. The highest BCUT2D eigenvalue weighted by Crippen LogP contribution is 2.37. The third-order valence-electron chi connectivity index (χ3n) is 4.33. The van der Waals surface area contributed by atoms with Gasteiger partial charge in [-0.05, 0) is 18.6 Å². The summed E-state index contributed by atoms with van der Waals surface area (Å²) in [6.45, 7) is 1.36. The first kappa shape index (κ1) is 18.3. The van der Waals surface area contributed by atoms with Crippen molar-refractivity contribution in [2.75, 3.05) is 24.3 Å². The Kier molecular flexibility index (Phi) is 5.33. The second kappa shape index (κ2) is 7.88. The van der Waals surface area contributed by atoms with Crippen LogP contribution in [0, 0.1) is 0 Å². The summed E-state index contributed by atoms with van der Waals surface area (Å²) in [5.41, 5.74) is 2.00. The maximum Gasteiger partial charge on any atom is 0.213 e.